The van der Waals surface area contributed by atoms with Gasteiger partial charge in [-0.1, -0.05) is 54.6 Å². The summed E-state index contributed by atoms with van der Waals surface area (Å²) in [6.45, 7) is 1.14. The van der Waals surface area contributed by atoms with Gasteiger partial charge in [0.1, 0.15) is 6.04 Å². The number of nitrogens with two attached hydrogens (primary N) is 2. The topological polar surface area (TPSA) is 142 Å². The van der Waals surface area contributed by atoms with Crippen LogP contribution in [0.15, 0.2) is 29.3 Å². The van der Waals surface area contributed by atoms with Gasteiger partial charge in [-0.3, -0.25) is 14.7 Å². The molecule has 1 aromatic carbocycles. The van der Waals surface area contributed by atoms with Crippen molar-refractivity contribution < 1.29 is 9.59 Å². The number of hydrogen-bond acceptors (Lipinski definition) is 4. The van der Waals surface area contributed by atoms with E-state index in [-0.39, 0.29) is 36.2 Å². The maximum absolute atomic E-state index is 12.8. The molecule has 1 atom stereocenters. The zero-order valence-corrected chi connectivity index (χ0v) is 21.7. The number of rotatable bonds is 7. The van der Waals surface area contributed by atoms with Crippen molar-refractivity contribution in [2.75, 3.05) is 19.6 Å². The van der Waals surface area contributed by atoms with Gasteiger partial charge in [0.25, 0.3) is 0 Å². The molecule has 194 valence electrons. The molecule has 0 spiro atoms. The molecule has 0 bridgehead atoms. The lowest BCUT2D eigenvalue weighted by Crippen LogP contribution is -2.47. The Morgan fingerprint density at radius 1 is 1.14 bits per heavy atom. The number of H-pyrrole nitrogens is 1. The van der Waals surface area contributed by atoms with Crippen molar-refractivity contribution in [2.45, 2.75) is 56.9 Å². The van der Waals surface area contributed by atoms with Gasteiger partial charge >= 0.3 is 0 Å². The fourth-order valence-corrected chi connectivity index (χ4v) is 5.59. The highest BCUT2D eigenvalue weighted by Gasteiger charge is 2.31. The number of hydrogen-bond donors (Lipinski definition) is 4. The van der Waals surface area contributed by atoms with Crippen LogP contribution in [-0.4, -0.2) is 58.5 Å². The highest BCUT2D eigenvalue weighted by molar-refractivity contribution is 6.43. The third-order valence-corrected chi connectivity index (χ3v) is 8.00. The van der Waals surface area contributed by atoms with Crippen molar-refractivity contribution in [2.24, 2.45) is 22.4 Å². The zero-order valence-electron chi connectivity index (χ0n) is 20.2. The van der Waals surface area contributed by atoms with E-state index in [0.717, 1.165) is 61.9 Å². The van der Waals surface area contributed by atoms with Gasteiger partial charge in [-0.2, -0.15) is 5.10 Å². The molecule has 1 aliphatic heterocycles. The summed E-state index contributed by atoms with van der Waals surface area (Å²) >= 11 is 12.5. The highest BCUT2D eigenvalue weighted by atomic mass is 35.5. The molecule has 2 heterocycles. The number of aliphatic imine (C=N–C) groups is 1. The molecule has 4 rings (SSSR count). The molecule has 11 heteroatoms. The summed E-state index contributed by atoms with van der Waals surface area (Å²) < 4.78 is 0. The minimum atomic E-state index is -0.642. The lowest BCUT2D eigenvalue weighted by atomic mass is 9.83. The van der Waals surface area contributed by atoms with E-state index in [9.17, 15) is 9.59 Å². The van der Waals surface area contributed by atoms with Gasteiger partial charge in [0.2, 0.25) is 11.8 Å². The van der Waals surface area contributed by atoms with Crippen molar-refractivity contribution in [3.8, 4) is 11.3 Å². The first-order chi connectivity index (χ1) is 17.3. The van der Waals surface area contributed by atoms with Crippen LogP contribution in [0.5, 0.6) is 0 Å². The molecule has 2 aromatic rings. The van der Waals surface area contributed by atoms with Crippen molar-refractivity contribution in [3.05, 3.63) is 40.0 Å². The summed E-state index contributed by atoms with van der Waals surface area (Å²) in [7, 11) is 0. The molecule has 1 saturated heterocycles. The number of amides is 2. The number of piperidine rings is 1. The Morgan fingerprint density at radius 3 is 2.56 bits per heavy atom. The monoisotopic (exact) mass is 533 g/mol. The fourth-order valence-electron chi connectivity index (χ4n) is 5.19. The first-order valence-electron chi connectivity index (χ1n) is 12.5. The van der Waals surface area contributed by atoms with Crippen molar-refractivity contribution in [3.63, 3.8) is 0 Å². The Hall–Kier alpha value is -2.78. The molecule has 2 aliphatic rings. The molecule has 0 radical (unpaired) electrons. The second kappa shape index (κ2) is 12.0. The Morgan fingerprint density at radius 2 is 1.86 bits per heavy atom. The van der Waals surface area contributed by atoms with E-state index in [1.807, 2.05) is 18.2 Å². The summed E-state index contributed by atoms with van der Waals surface area (Å²) in [4.78, 5) is 31.6. The number of carbonyl (C=O) groups excluding carboxylic acids is 2. The summed E-state index contributed by atoms with van der Waals surface area (Å²) in [5.74, 6) is -0.144. The number of nitrogens with one attached hydrogen (secondary N) is 2. The predicted molar refractivity (Wildman–Crippen MR) is 142 cm³/mol. The van der Waals surface area contributed by atoms with E-state index in [1.54, 1.807) is 11.0 Å². The SMILES string of the molecule is NC(N)=NC(C(=O)NCC(=O)N1CCC(c2cc(-c3cccc(Cl)c3Cl)n[nH]2)CC1)C1CCCCC1. The number of guanidine groups is 1. The van der Waals surface area contributed by atoms with Crippen LogP contribution in [0.2, 0.25) is 10.0 Å². The number of aromatic nitrogens is 2. The smallest absolute Gasteiger partial charge is 0.245 e. The van der Waals surface area contributed by atoms with E-state index in [1.165, 1.54) is 0 Å². The third kappa shape index (κ3) is 6.31. The van der Waals surface area contributed by atoms with Gasteiger partial charge in [0.05, 0.1) is 22.3 Å². The average Bonchev–Trinajstić information content (AvgIpc) is 3.38. The van der Waals surface area contributed by atoms with Gasteiger partial charge in [-0.25, -0.2) is 4.99 Å². The molecular formula is C25H33Cl2N7O2. The maximum Gasteiger partial charge on any atom is 0.245 e. The molecule has 1 aliphatic carbocycles. The quantitative estimate of drug-likeness (QED) is 0.318. The average molecular weight is 534 g/mol. The summed E-state index contributed by atoms with van der Waals surface area (Å²) in [6.07, 6.45) is 6.70. The van der Waals surface area contributed by atoms with Crippen molar-refractivity contribution >= 4 is 41.0 Å². The number of likely N-dealkylation sites (tertiary alicyclic amines) is 1. The van der Waals surface area contributed by atoms with E-state index < -0.39 is 6.04 Å². The third-order valence-electron chi connectivity index (χ3n) is 7.18. The van der Waals surface area contributed by atoms with Crippen molar-refractivity contribution in [1.82, 2.24) is 20.4 Å². The number of carbonyl (C=O) groups is 2. The lowest BCUT2D eigenvalue weighted by Gasteiger charge is -2.32. The first kappa shape index (κ1) is 26.3. The predicted octanol–water partition coefficient (Wildman–Crippen LogP) is 3.43. The molecule has 1 saturated carbocycles. The standard InChI is InChI=1S/C25H33Cl2N7O2/c26-18-8-4-7-17(22(18)27)20-13-19(32-33-20)15-9-11-34(12-10-15)21(35)14-30-24(36)23(31-25(28)29)16-5-2-1-3-6-16/h4,7-8,13,15-16,23H,1-3,5-6,9-12,14H2,(H,30,36)(H,32,33)(H4,28,29,31). The van der Waals surface area contributed by atoms with Gasteiger partial charge in [-0.05, 0) is 43.7 Å². The molecule has 6 N–H and O–H groups in total. The van der Waals surface area contributed by atoms with Crippen molar-refractivity contribution in [1.29, 1.82) is 0 Å². The molecule has 36 heavy (non-hydrogen) atoms. The van der Waals surface area contributed by atoms with E-state index in [4.69, 9.17) is 34.7 Å². The van der Waals surface area contributed by atoms with E-state index in [0.29, 0.717) is 23.1 Å². The van der Waals surface area contributed by atoms with Crippen LogP contribution >= 0.6 is 23.2 Å². The summed E-state index contributed by atoms with van der Waals surface area (Å²) in [5, 5.41) is 11.3. The largest absolute Gasteiger partial charge is 0.370 e. The second-order valence-electron chi connectivity index (χ2n) is 9.58. The molecule has 2 fully saturated rings. The highest BCUT2D eigenvalue weighted by Crippen LogP contribution is 2.35. The molecule has 1 unspecified atom stereocenters. The van der Waals surface area contributed by atoms with Gasteiger partial charge in [0, 0.05) is 30.3 Å². The van der Waals surface area contributed by atoms with Crippen LogP contribution < -0.4 is 16.8 Å². The van der Waals surface area contributed by atoms with Crippen LogP contribution in [0.4, 0.5) is 0 Å². The summed E-state index contributed by atoms with van der Waals surface area (Å²) in [5.41, 5.74) is 13.7. The molecule has 2 amide bonds. The number of nitrogens with zero attached hydrogens (tertiary/aromatic N) is 3. The van der Waals surface area contributed by atoms with Gasteiger partial charge in [-0.15, -0.1) is 0 Å². The lowest BCUT2D eigenvalue weighted by molar-refractivity contribution is -0.134. The first-order valence-corrected chi connectivity index (χ1v) is 13.2. The molecular weight excluding hydrogens is 501 g/mol. The zero-order chi connectivity index (χ0) is 25.7. The number of aromatic amines is 1. The van der Waals surface area contributed by atoms with Crippen LogP contribution in [0.1, 0.15) is 56.6 Å². The minimum absolute atomic E-state index is 0.0613. The van der Waals surface area contributed by atoms with Crippen LogP contribution in [-0.2, 0) is 9.59 Å². The minimum Gasteiger partial charge on any atom is -0.370 e. The van der Waals surface area contributed by atoms with E-state index in [2.05, 4.69) is 20.5 Å². The fraction of sp³-hybridized carbons (Fsp3) is 0.520. The van der Waals surface area contributed by atoms with E-state index >= 15 is 0 Å². The van der Waals surface area contributed by atoms with Gasteiger partial charge < -0.3 is 21.7 Å². The van der Waals surface area contributed by atoms with Crippen LogP contribution in [0, 0.1) is 5.92 Å². The van der Waals surface area contributed by atoms with Gasteiger partial charge in [0.15, 0.2) is 5.96 Å². The van der Waals surface area contributed by atoms with Crippen LogP contribution in [0.25, 0.3) is 11.3 Å². The Bertz CT molecular complexity index is 1100. The summed E-state index contributed by atoms with van der Waals surface area (Å²) in [6, 6.07) is 6.82. The second-order valence-corrected chi connectivity index (χ2v) is 10.4. The maximum atomic E-state index is 12.8. The Kier molecular flexibility index (Phi) is 8.74. The number of halogens is 2. The Labute approximate surface area is 221 Å². The van der Waals surface area contributed by atoms with Crippen LogP contribution in [0.3, 0.4) is 0 Å². The molecule has 1 aromatic heterocycles. The number of benzene rings is 1. The normalized spacial score (nSPS) is 18.0. The molecule has 9 nitrogen and oxygen atoms in total. The Balaban J connectivity index is 1.29.